The molecule has 0 fully saturated rings. The number of amides is 1. The van der Waals surface area contributed by atoms with Crippen molar-refractivity contribution >= 4 is 11.6 Å². The van der Waals surface area contributed by atoms with Crippen LogP contribution < -0.4 is 10.2 Å². The van der Waals surface area contributed by atoms with Gasteiger partial charge in [0.25, 0.3) is 5.91 Å². The van der Waals surface area contributed by atoms with Crippen molar-refractivity contribution in [1.82, 2.24) is 10.2 Å². The van der Waals surface area contributed by atoms with Crippen LogP contribution in [0.5, 0.6) is 0 Å². The molecule has 2 rings (SSSR count). The van der Waals surface area contributed by atoms with Crippen LogP contribution in [0.1, 0.15) is 43.1 Å². The van der Waals surface area contributed by atoms with Crippen molar-refractivity contribution in [3.05, 3.63) is 65.7 Å². The summed E-state index contributed by atoms with van der Waals surface area (Å²) in [5.41, 5.74) is 3.16. The summed E-state index contributed by atoms with van der Waals surface area (Å²) >= 11 is 0. The van der Waals surface area contributed by atoms with E-state index in [0.717, 1.165) is 31.6 Å². The van der Waals surface area contributed by atoms with Gasteiger partial charge in [-0.2, -0.15) is 0 Å². The van der Waals surface area contributed by atoms with Crippen molar-refractivity contribution in [1.29, 1.82) is 0 Å². The van der Waals surface area contributed by atoms with Crippen molar-refractivity contribution in [2.45, 2.75) is 39.8 Å². The lowest BCUT2D eigenvalue weighted by Gasteiger charge is -2.24. The molecule has 27 heavy (non-hydrogen) atoms. The molecule has 0 aliphatic rings. The number of para-hydroxylation sites is 1. The first-order chi connectivity index (χ1) is 13.0. The van der Waals surface area contributed by atoms with Crippen LogP contribution in [-0.2, 0) is 6.54 Å². The molecule has 0 bridgehead atoms. The van der Waals surface area contributed by atoms with Crippen LogP contribution in [-0.4, -0.2) is 43.5 Å². The summed E-state index contributed by atoms with van der Waals surface area (Å²) in [5.74, 6) is 0.000112. The molecule has 1 amide bonds. The van der Waals surface area contributed by atoms with Gasteiger partial charge in [0.1, 0.15) is 0 Å². The summed E-state index contributed by atoms with van der Waals surface area (Å²) in [5, 5.41) is 3.02. The minimum absolute atomic E-state index is 0.000112. The van der Waals surface area contributed by atoms with E-state index in [9.17, 15) is 4.79 Å². The highest BCUT2D eigenvalue weighted by Crippen LogP contribution is 2.11. The topological polar surface area (TPSA) is 35.6 Å². The monoisotopic (exact) mass is 367 g/mol. The molecule has 0 unspecified atom stereocenters. The number of nitrogens with zero attached hydrogens (tertiary/aromatic N) is 2. The smallest absolute Gasteiger partial charge is 0.251 e. The number of hydrogen-bond donors (Lipinski definition) is 1. The zero-order chi connectivity index (χ0) is 19.6. The Morgan fingerprint density at radius 3 is 2.30 bits per heavy atom. The summed E-state index contributed by atoms with van der Waals surface area (Å²) in [6.07, 6.45) is 0.912. The maximum atomic E-state index is 12.3. The quantitative estimate of drug-likeness (QED) is 0.640. The SMILES string of the molecule is CCN(Cc1ccc(C(=O)NCCCN(C)c2ccccc2)cc1)C(C)C. The van der Waals surface area contributed by atoms with Gasteiger partial charge in [-0.15, -0.1) is 0 Å². The summed E-state index contributed by atoms with van der Waals surface area (Å²) in [6.45, 7) is 10.1. The molecular formula is C23H33N3O. The summed E-state index contributed by atoms with van der Waals surface area (Å²) in [6, 6.07) is 18.8. The van der Waals surface area contributed by atoms with Gasteiger partial charge < -0.3 is 10.2 Å². The molecule has 2 aromatic carbocycles. The van der Waals surface area contributed by atoms with Gasteiger partial charge in [-0.1, -0.05) is 37.3 Å². The molecule has 0 radical (unpaired) electrons. The van der Waals surface area contributed by atoms with E-state index in [1.54, 1.807) is 0 Å². The van der Waals surface area contributed by atoms with E-state index in [0.29, 0.717) is 12.6 Å². The minimum Gasteiger partial charge on any atom is -0.375 e. The largest absolute Gasteiger partial charge is 0.375 e. The second-order valence-corrected chi connectivity index (χ2v) is 7.22. The third kappa shape index (κ3) is 6.72. The Kier molecular flexibility index (Phi) is 8.34. The lowest BCUT2D eigenvalue weighted by Crippen LogP contribution is -2.30. The van der Waals surface area contributed by atoms with Crippen LogP contribution in [0.2, 0.25) is 0 Å². The Bertz CT molecular complexity index is 683. The van der Waals surface area contributed by atoms with E-state index in [1.165, 1.54) is 11.3 Å². The summed E-state index contributed by atoms with van der Waals surface area (Å²) in [4.78, 5) is 16.9. The highest BCUT2D eigenvalue weighted by molar-refractivity contribution is 5.94. The summed E-state index contributed by atoms with van der Waals surface area (Å²) < 4.78 is 0. The average molecular weight is 368 g/mol. The van der Waals surface area contributed by atoms with Gasteiger partial charge in [0, 0.05) is 44.0 Å². The lowest BCUT2D eigenvalue weighted by atomic mass is 10.1. The van der Waals surface area contributed by atoms with Gasteiger partial charge in [-0.3, -0.25) is 9.69 Å². The van der Waals surface area contributed by atoms with Gasteiger partial charge in [0.05, 0.1) is 0 Å². The molecule has 0 aromatic heterocycles. The Labute approximate surface area is 164 Å². The molecule has 4 nitrogen and oxygen atoms in total. The Morgan fingerprint density at radius 2 is 1.70 bits per heavy atom. The number of nitrogens with one attached hydrogen (secondary N) is 1. The second kappa shape index (κ2) is 10.7. The molecular weight excluding hydrogens is 334 g/mol. The normalized spacial score (nSPS) is 11.0. The van der Waals surface area contributed by atoms with Crippen molar-refractivity contribution in [2.24, 2.45) is 0 Å². The maximum Gasteiger partial charge on any atom is 0.251 e. The maximum absolute atomic E-state index is 12.3. The van der Waals surface area contributed by atoms with Crippen LogP contribution >= 0.6 is 0 Å². The summed E-state index contributed by atoms with van der Waals surface area (Å²) in [7, 11) is 2.08. The molecule has 0 spiro atoms. The van der Waals surface area contributed by atoms with Gasteiger partial charge >= 0.3 is 0 Å². The zero-order valence-electron chi connectivity index (χ0n) is 17.1. The number of carbonyl (C=O) groups excluding carboxylic acids is 1. The first-order valence-electron chi connectivity index (χ1n) is 9.88. The molecule has 0 aliphatic heterocycles. The molecule has 0 aliphatic carbocycles. The van der Waals surface area contributed by atoms with Crippen LogP contribution in [0.3, 0.4) is 0 Å². The van der Waals surface area contributed by atoms with Crippen LogP contribution in [0, 0.1) is 0 Å². The molecule has 4 heteroatoms. The fraction of sp³-hybridized carbons (Fsp3) is 0.435. The first-order valence-corrected chi connectivity index (χ1v) is 9.88. The molecule has 0 saturated heterocycles. The third-order valence-corrected chi connectivity index (χ3v) is 4.89. The van der Waals surface area contributed by atoms with Crippen molar-refractivity contribution < 1.29 is 4.79 Å². The lowest BCUT2D eigenvalue weighted by molar-refractivity contribution is 0.0953. The number of anilines is 1. The number of rotatable bonds is 10. The Hall–Kier alpha value is -2.33. The van der Waals surface area contributed by atoms with Crippen LogP contribution in [0.15, 0.2) is 54.6 Å². The number of carbonyl (C=O) groups is 1. The van der Waals surface area contributed by atoms with Gasteiger partial charge in [0.15, 0.2) is 0 Å². The van der Waals surface area contributed by atoms with E-state index < -0.39 is 0 Å². The van der Waals surface area contributed by atoms with Gasteiger partial charge in [-0.05, 0) is 56.6 Å². The minimum atomic E-state index is 0.000112. The highest BCUT2D eigenvalue weighted by atomic mass is 16.1. The van der Waals surface area contributed by atoms with Crippen LogP contribution in [0.4, 0.5) is 5.69 Å². The molecule has 146 valence electrons. The average Bonchev–Trinajstić information content (AvgIpc) is 2.69. The fourth-order valence-electron chi connectivity index (χ4n) is 3.09. The predicted molar refractivity (Wildman–Crippen MR) is 114 cm³/mol. The van der Waals surface area contributed by atoms with Gasteiger partial charge in [0.2, 0.25) is 0 Å². The molecule has 0 saturated carbocycles. The van der Waals surface area contributed by atoms with Crippen LogP contribution in [0.25, 0.3) is 0 Å². The third-order valence-electron chi connectivity index (χ3n) is 4.89. The fourth-order valence-corrected chi connectivity index (χ4v) is 3.09. The number of benzene rings is 2. The molecule has 0 atom stereocenters. The zero-order valence-corrected chi connectivity index (χ0v) is 17.1. The van der Waals surface area contributed by atoms with Crippen molar-refractivity contribution in [3.8, 4) is 0 Å². The van der Waals surface area contributed by atoms with E-state index in [4.69, 9.17) is 0 Å². The van der Waals surface area contributed by atoms with E-state index in [-0.39, 0.29) is 5.91 Å². The number of hydrogen-bond acceptors (Lipinski definition) is 3. The van der Waals surface area contributed by atoms with E-state index in [2.05, 4.69) is 67.2 Å². The standard InChI is InChI=1S/C23H33N3O/c1-5-26(19(2)3)18-20-12-14-21(15-13-20)23(27)24-16-9-17-25(4)22-10-7-6-8-11-22/h6-8,10-15,19H,5,9,16-18H2,1-4H3,(H,24,27). The first kappa shape index (κ1) is 21.0. The Balaban J connectivity index is 1.75. The Morgan fingerprint density at radius 1 is 1.04 bits per heavy atom. The molecule has 0 heterocycles. The van der Waals surface area contributed by atoms with E-state index >= 15 is 0 Å². The van der Waals surface area contributed by atoms with Gasteiger partial charge in [-0.25, -0.2) is 0 Å². The molecule has 2 aromatic rings. The van der Waals surface area contributed by atoms with Crippen molar-refractivity contribution in [2.75, 3.05) is 31.6 Å². The van der Waals surface area contributed by atoms with Crippen molar-refractivity contribution in [3.63, 3.8) is 0 Å². The molecule has 1 N–H and O–H groups in total. The van der Waals surface area contributed by atoms with E-state index in [1.807, 2.05) is 30.3 Å². The second-order valence-electron chi connectivity index (χ2n) is 7.22. The highest BCUT2D eigenvalue weighted by Gasteiger charge is 2.09. The predicted octanol–water partition coefficient (Wildman–Crippen LogP) is 4.17.